The van der Waals surface area contributed by atoms with E-state index in [1.807, 2.05) is 35.7 Å². The lowest BCUT2D eigenvalue weighted by molar-refractivity contribution is 0.631. The highest BCUT2D eigenvalue weighted by molar-refractivity contribution is 9.10. The van der Waals surface area contributed by atoms with E-state index in [1.54, 1.807) is 12.1 Å². The zero-order valence-electron chi connectivity index (χ0n) is 9.81. The lowest BCUT2D eigenvalue weighted by Crippen LogP contribution is -1.83. The molecule has 0 amide bonds. The second kappa shape index (κ2) is 5.23. The van der Waals surface area contributed by atoms with E-state index in [0.717, 1.165) is 15.7 Å². The Kier molecular flexibility index (Phi) is 3.44. The summed E-state index contributed by atoms with van der Waals surface area (Å²) in [5.74, 6) is -0.238. The Labute approximate surface area is 122 Å². The number of thiazole rings is 1. The molecule has 19 heavy (non-hydrogen) atoms. The molecule has 0 saturated carbocycles. The summed E-state index contributed by atoms with van der Waals surface area (Å²) >= 11 is 4.89. The molecule has 1 nitrogen and oxygen atoms in total. The van der Waals surface area contributed by atoms with E-state index in [1.165, 1.54) is 17.4 Å². The van der Waals surface area contributed by atoms with E-state index in [4.69, 9.17) is 0 Å². The van der Waals surface area contributed by atoms with Gasteiger partial charge in [-0.2, -0.15) is 0 Å². The van der Waals surface area contributed by atoms with Gasteiger partial charge in [0.15, 0.2) is 0 Å². The van der Waals surface area contributed by atoms with Gasteiger partial charge in [0.1, 0.15) is 10.8 Å². The largest absolute Gasteiger partial charge is 0.236 e. The van der Waals surface area contributed by atoms with Crippen LogP contribution >= 0.6 is 27.3 Å². The molecule has 3 rings (SSSR count). The number of nitrogens with zero attached hydrogens (tertiary/aromatic N) is 1. The van der Waals surface area contributed by atoms with Crippen molar-refractivity contribution in [1.29, 1.82) is 0 Å². The van der Waals surface area contributed by atoms with E-state index >= 15 is 0 Å². The molecule has 3 aromatic rings. The lowest BCUT2D eigenvalue weighted by Gasteiger charge is -1.98. The van der Waals surface area contributed by atoms with Crippen molar-refractivity contribution in [2.24, 2.45) is 0 Å². The van der Waals surface area contributed by atoms with Gasteiger partial charge in [-0.05, 0) is 24.3 Å². The van der Waals surface area contributed by atoms with Crippen LogP contribution in [0.25, 0.3) is 21.8 Å². The molecule has 0 aliphatic rings. The molecule has 0 saturated heterocycles. The fourth-order valence-corrected chi connectivity index (χ4v) is 3.07. The number of halogens is 2. The van der Waals surface area contributed by atoms with Gasteiger partial charge in [-0.1, -0.05) is 40.2 Å². The van der Waals surface area contributed by atoms with Gasteiger partial charge in [-0.3, -0.25) is 0 Å². The minimum absolute atomic E-state index is 0.238. The van der Waals surface area contributed by atoms with E-state index in [-0.39, 0.29) is 5.82 Å². The van der Waals surface area contributed by atoms with Gasteiger partial charge in [-0.25, -0.2) is 9.37 Å². The van der Waals surface area contributed by atoms with Crippen molar-refractivity contribution in [3.8, 4) is 21.8 Å². The first-order chi connectivity index (χ1) is 9.24. The van der Waals surface area contributed by atoms with Gasteiger partial charge < -0.3 is 0 Å². The molecule has 0 aliphatic heterocycles. The average Bonchev–Trinajstić information content (AvgIpc) is 2.89. The zero-order chi connectivity index (χ0) is 13.2. The number of aromatic nitrogens is 1. The van der Waals surface area contributed by atoms with Crippen LogP contribution < -0.4 is 0 Å². The number of benzene rings is 2. The monoisotopic (exact) mass is 333 g/mol. The van der Waals surface area contributed by atoms with Crippen molar-refractivity contribution < 1.29 is 4.39 Å². The van der Waals surface area contributed by atoms with Crippen LogP contribution in [0.3, 0.4) is 0 Å². The minimum Gasteiger partial charge on any atom is -0.236 e. The van der Waals surface area contributed by atoms with Gasteiger partial charge in [0.25, 0.3) is 0 Å². The van der Waals surface area contributed by atoms with E-state index in [2.05, 4.69) is 20.9 Å². The van der Waals surface area contributed by atoms with Crippen LogP contribution in [0.4, 0.5) is 4.39 Å². The van der Waals surface area contributed by atoms with Gasteiger partial charge in [0.2, 0.25) is 0 Å². The molecule has 0 aliphatic carbocycles. The summed E-state index contributed by atoms with van der Waals surface area (Å²) in [6.07, 6.45) is 0. The molecular formula is C15H9BrFNS. The molecule has 1 aromatic heterocycles. The van der Waals surface area contributed by atoms with Crippen molar-refractivity contribution in [3.05, 3.63) is 64.2 Å². The van der Waals surface area contributed by atoms with Crippen LogP contribution in [0.15, 0.2) is 58.4 Å². The van der Waals surface area contributed by atoms with E-state index < -0.39 is 0 Å². The Bertz CT molecular complexity index is 723. The Balaban J connectivity index is 2.03. The summed E-state index contributed by atoms with van der Waals surface area (Å²) in [6.45, 7) is 0. The SMILES string of the molecule is Fc1ccccc1-c1nc(-c2cccc(Br)c2)cs1. The normalized spacial score (nSPS) is 10.6. The van der Waals surface area contributed by atoms with Crippen LogP contribution in [-0.4, -0.2) is 4.98 Å². The van der Waals surface area contributed by atoms with Crippen LogP contribution in [0.2, 0.25) is 0 Å². The topological polar surface area (TPSA) is 12.9 Å². The second-order valence-electron chi connectivity index (χ2n) is 4.03. The molecule has 4 heteroatoms. The van der Waals surface area contributed by atoms with Gasteiger partial charge in [0.05, 0.1) is 5.69 Å². The quantitative estimate of drug-likeness (QED) is 0.613. The first kappa shape index (κ1) is 12.5. The average molecular weight is 334 g/mol. The zero-order valence-corrected chi connectivity index (χ0v) is 12.2. The third-order valence-corrected chi connectivity index (χ3v) is 4.10. The summed E-state index contributed by atoms with van der Waals surface area (Å²) in [4.78, 5) is 4.51. The molecule has 0 N–H and O–H groups in total. The first-order valence-corrected chi connectivity index (χ1v) is 7.38. The number of rotatable bonds is 2. The molecule has 0 fully saturated rings. The Morgan fingerprint density at radius 1 is 1.05 bits per heavy atom. The number of hydrogen-bond acceptors (Lipinski definition) is 2. The highest BCUT2D eigenvalue weighted by Gasteiger charge is 2.10. The lowest BCUT2D eigenvalue weighted by atomic mass is 10.2. The van der Waals surface area contributed by atoms with Crippen molar-refractivity contribution in [1.82, 2.24) is 4.98 Å². The molecule has 2 aromatic carbocycles. The Hall–Kier alpha value is -1.52. The second-order valence-corrected chi connectivity index (χ2v) is 5.80. The van der Waals surface area contributed by atoms with Crippen molar-refractivity contribution in [3.63, 3.8) is 0 Å². The molecule has 0 unspecified atom stereocenters. The van der Waals surface area contributed by atoms with Gasteiger partial charge >= 0.3 is 0 Å². The first-order valence-electron chi connectivity index (χ1n) is 5.70. The van der Waals surface area contributed by atoms with Crippen LogP contribution in [0, 0.1) is 5.82 Å². The Morgan fingerprint density at radius 2 is 1.89 bits per heavy atom. The standard InChI is InChI=1S/C15H9BrFNS/c16-11-5-3-4-10(8-11)14-9-19-15(18-14)12-6-1-2-7-13(12)17/h1-9H. The maximum Gasteiger partial charge on any atom is 0.133 e. The molecule has 0 radical (unpaired) electrons. The van der Waals surface area contributed by atoms with Crippen molar-refractivity contribution >= 4 is 27.3 Å². The highest BCUT2D eigenvalue weighted by Crippen LogP contribution is 2.31. The number of hydrogen-bond donors (Lipinski definition) is 0. The van der Waals surface area contributed by atoms with Crippen LogP contribution in [-0.2, 0) is 0 Å². The molecule has 0 bridgehead atoms. The third-order valence-electron chi connectivity index (χ3n) is 2.73. The van der Waals surface area contributed by atoms with Gasteiger partial charge in [-0.15, -0.1) is 11.3 Å². The predicted octanol–water partition coefficient (Wildman–Crippen LogP) is 5.38. The maximum atomic E-state index is 13.7. The summed E-state index contributed by atoms with van der Waals surface area (Å²) in [7, 11) is 0. The predicted molar refractivity (Wildman–Crippen MR) is 80.6 cm³/mol. The van der Waals surface area contributed by atoms with Crippen molar-refractivity contribution in [2.45, 2.75) is 0 Å². The third kappa shape index (κ3) is 2.60. The fourth-order valence-electron chi connectivity index (χ4n) is 1.81. The maximum absolute atomic E-state index is 13.7. The fraction of sp³-hybridized carbons (Fsp3) is 0. The van der Waals surface area contributed by atoms with E-state index in [9.17, 15) is 4.39 Å². The smallest absolute Gasteiger partial charge is 0.133 e. The minimum atomic E-state index is -0.238. The van der Waals surface area contributed by atoms with Crippen LogP contribution in [0.1, 0.15) is 0 Å². The van der Waals surface area contributed by atoms with E-state index in [0.29, 0.717) is 10.6 Å². The molecular weight excluding hydrogens is 325 g/mol. The highest BCUT2D eigenvalue weighted by atomic mass is 79.9. The van der Waals surface area contributed by atoms with Crippen molar-refractivity contribution in [2.75, 3.05) is 0 Å². The molecule has 94 valence electrons. The van der Waals surface area contributed by atoms with Gasteiger partial charge in [0, 0.05) is 21.0 Å². The summed E-state index contributed by atoms with van der Waals surface area (Å²) in [5, 5.41) is 2.65. The molecule has 1 heterocycles. The summed E-state index contributed by atoms with van der Waals surface area (Å²) in [5.41, 5.74) is 2.44. The van der Waals surface area contributed by atoms with Crippen LogP contribution in [0.5, 0.6) is 0 Å². The molecule has 0 atom stereocenters. The Morgan fingerprint density at radius 3 is 2.68 bits per heavy atom. The molecule has 0 spiro atoms. The summed E-state index contributed by atoms with van der Waals surface area (Å²) < 4.78 is 14.7. The summed E-state index contributed by atoms with van der Waals surface area (Å²) in [6, 6.07) is 14.6.